The van der Waals surface area contributed by atoms with Gasteiger partial charge < -0.3 is 4.90 Å². The Morgan fingerprint density at radius 2 is 1.71 bits per heavy atom. The van der Waals surface area contributed by atoms with Crippen molar-refractivity contribution in [1.29, 1.82) is 0 Å². The molecule has 8 heteroatoms. The van der Waals surface area contributed by atoms with E-state index in [1.165, 1.54) is 23.1 Å². The van der Waals surface area contributed by atoms with E-state index in [2.05, 4.69) is 4.72 Å². The lowest BCUT2D eigenvalue weighted by Gasteiger charge is -2.13. The van der Waals surface area contributed by atoms with Crippen molar-refractivity contribution in [2.45, 2.75) is 5.75 Å². The van der Waals surface area contributed by atoms with Gasteiger partial charge in [0.25, 0.3) is 5.91 Å². The van der Waals surface area contributed by atoms with Crippen molar-refractivity contribution in [1.82, 2.24) is 4.90 Å². The number of amides is 1. The Morgan fingerprint density at radius 1 is 1.08 bits per heavy atom. The fourth-order valence-corrected chi connectivity index (χ4v) is 3.59. The van der Waals surface area contributed by atoms with Crippen LogP contribution >= 0.6 is 23.2 Å². The van der Waals surface area contributed by atoms with Crippen LogP contribution in [0.2, 0.25) is 10.0 Å². The van der Waals surface area contributed by atoms with Crippen LogP contribution in [0.5, 0.6) is 0 Å². The maximum absolute atomic E-state index is 12.2. The topological polar surface area (TPSA) is 66.5 Å². The van der Waals surface area contributed by atoms with Gasteiger partial charge in [0, 0.05) is 19.1 Å². The summed E-state index contributed by atoms with van der Waals surface area (Å²) in [6, 6.07) is 11.0. The molecular weight excluding hydrogens is 371 g/mol. The first-order valence-corrected chi connectivity index (χ1v) is 9.35. The van der Waals surface area contributed by atoms with E-state index in [4.69, 9.17) is 23.2 Å². The second-order valence-electron chi connectivity index (χ2n) is 5.38. The SMILES string of the molecule is CN(C)C(=O)c1ccc(NS(=O)(=O)Cc2ccc(Cl)cc2)cc1Cl. The second-order valence-corrected chi connectivity index (χ2v) is 7.95. The lowest BCUT2D eigenvalue weighted by atomic mass is 10.2. The van der Waals surface area contributed by atoms with Crippen LogP contribution in [0.1, 0.15) is 15.9 Å². The van der Waals surface area contributed by atoms with Gasteiger partial charge in [-0.15, -0.1) is 0 Å². The van der Waals surface area contributed by atoms with Gasteiger partial charge in [-0.3, -0.25) is 9.52 Å². The number of anilines is 1. The molecule has 0 saturated heterocycles. The zero-order valence-electron chi connectivity index (χ0n) is 13.1. The van der Waals surface area contributed by atoms with Crippen molar-refractivity contribution in [2.24, 2.45) is 0 Å². The number of hydrogen-bond acceptors (Lipinski definition) is 3. The molecule has 2 aromatic carbocycles. The number of rotatable bonds is 5. The highest BCUT2D eigenvalue weighted by Crippen LogP contribution is 2.23. The maximum Gasteiger partial charge on any atom is 0.254 e. The van der Waals surface area contributed by atoms with Gasteiger partial charge in [-0.25, -0.2) is 8.42 Å². The lowest BCUT2D eigenvalue weighted by molar-refractivity contribution is 0.0828. The van der Waals surface area contributed by atoms with E-state index in [0.717, 1.165) is 0 Å². The number of carbonyl (C=O) groups excluding carboxylic acids is 1. The number of hydrogen-bond donors (Lipinski definition) is 1. The third-order valence-electron chi connectivity index (χ3n) is 3.15. The Bertz CT molecular complexity index is 850. The summed E-state index contributed by atoms with van der Waals surface area (Å²) in [7, 11) is -0.389. The van der Waals surface area contributed by atoms with E-state index in [0.29, 0.717) is 21.8 Å². The molecule has 0 spiro atoms. The van der Waals surface area contributed by atoms with Gasteiger partial charge in [-0.2, -0.15) is 0 Å². The van der Waals surface area contributed by atoms with Gasteiger partial charge >= 0.3 is 0 Å². The predicted molar refractivity (Wildman–Crippen MR) is 97.2 cm³/mol. The number of carbonyl (C=O) groups is 1. The van der Waals surface area contributed by atoms with Gasteiger partial charge in [0.05, 0.1) is 22.0 Å². The standard InChI is InChI=1S/C16H16Cl2N2O3S/c1-20(2)16(21)14-8-7-13(9-15(14)18)19-24(22,23)10-11-3-5-12(17)6-4-11/h3-9,19H,10H2,1-2H3. The fourth-order valence-electron chi connectivity index (χ4n) is 2.01. The van der Waals surface area contributed by atoms with Crippen molar-refractivity contribution in [3.05, 3.63) is 63.6 Å². The van der Waals surface area contributed by atoms with Gasteiger partial charge in [0.2, 0.25) is 10.0 Å². The van der Waals surface area contributed by atoms with Crippen LogP contribution in [0.3, 0.4) is 0 Å². The minimum Gasteiger partial charge on any atom is -0.345 e. The smallest absolute Gasteiger partial charge is 0.254 e. The van der Waals surface area contributed by atoms with Crippen LogP contribution in [0.15, 0.2) is 42.5 Å². The highest BCUT2D eigenvalue weighted by molar-refractivity contribution is 7.91. The third kappa shape index (κ3) is 4.87. The molecule has 0 fully saturated rings. The Hall–Kier alpha value is -1.76. The number of nitrogens with one attached hydrogen (secondary N) is 1. The molecule has 128 valence electrons. The van der Waals surface area contributed by atoms with Gasteiger partial charge in [0.1, 0.15) is 0 Å². The van der Waals surface area contributed by atoms with Gasteiger partial charge in [0.15, 0.2) is 0 Å². The molecule has 5 nitrogen and oxygen atoms in total. The predicted octanol–water partition coefficient (Wildman–Crippen LogP) is 3.64. The summed E-state index contributed by atoms with van der Waals surface area (Å²) in [5.41, 5.74) is 1.21. The summed E-state index contributed by atoms with van der Waals surface area (Å²) in [5, 5.41) is 0.720. The Morgan fingerprint density at radius 3 is 2.25 bits per heavy atom. The van der Waals surface area contributed by atoms with Crippen molar-refractivity contribution < 1.29 is 13.2 Å². The van der Waals surface area contributed by atoms with E-state index < -0.39 is 10.0 Å². The highest BCUT2D eigenvalue weighted by Gasteiger charge is 2.16. The van der Waals surface area contributed by atoms with Gasteiger partial charge in [-0.05, 0) is 35.9 Å². The van der Waals surface area contributed by atoms with Gasteiger partial charge in [-0.1, -0.05) is 35.3 Å². The van der Waals surface area contributed by atoms with E-state index in [9.17, 15) is 13.2 Å². The van der Waals surface area contributed by atoms with Crippen molar-refractivity contribution >= 4 is 44.8 Å². The maximum atomic E-state index is 12.2. The molecule has 0 aliphatic rings. The van der Waals surface area contributed by atoms with Crippen LogP contribution < -0.4 is 4.72 Å². The zero-order chi connectivity index (χ0) is 17.9. The van der Waals surface area contributed by atoms with Crippen LogP contribution in [-0.2, 0) is 15.8 Å². The third-order valence-corrected chi connectivity index (χ3v) is 4.97. The normalized spacial score (nSPS) is 11.2. The minimum atomic E-state index is -3.61. The second kappa shape index (κ2) is 7.42. The fraction of sp³-hybridized carbons (Fsp3) is 0.188. The summed E-state index contributed by atoms with van der Waals surface area (Å²) < 4.78 is 26.9. The Labute approximate surface area is 151 Å². The molecule has 1 N–H and O–H groups in total. The van der Waals surface area contributed by atoms with Crippen LogP contribution in [0.25, 0.3) is 0 Å². The molecule has 0 heterocycles. The molecular formula is C16H16Cl2N2O3S. The summed E-state index contributed by atoms with van der Waals surface area (Å²) >= 11 is 11.9. The Kier molecular flexibility index (Phi) is 5.74. The molecule has 0 radical (unpaired) electrons. The van der Waals surface area contributed by atoms with Crippen LogP contribution in [0, 0.1) is 0 Å². The molecule has 2 rings (SSSR count). The first kappa shape index (κ1) is 18.6. The number of nitrogens with zero attached hydrogens (tertiary/aromatic N) is 1. The Balaban J connectivity index is 2.16. The average Bonchev–Trinajstić information content (AvgIpc) is 2.48. The van der Waals surface area contributed by atoms with Crippen LogP contribution in [0.4, 0.5) is 5.69 Å². The summed E-state index contributed by atoms with van der Waals surface area (Å²) in [5.74, 6) is -0.448. The largest absolute Gasteiger partial charge is 0.345 e. The number of halogens is 2. The molecule has 0 saturated carbocycles. The summed E-state index contributed by atoms with van der Waals surface area (Å²) in [4.78, 5) is 13.3. The molecule has 0 aliphatic heterocycles. The van der Waals surface area contributed by atoms with E-state index in [1.807, 2.05) is 0 Å². The van der Waals surface area contributed by atoms with E-state index >= 15 is 0 Å². The molecule has 0 atom stereocenters. The average molecular weight is 387 g/mol. The molecule has 0 bridgehead atoms. The first-order valence-electron chi connectivity index (χ1n) is 6.94. The molecule has 0 aromatic heterocycles. The summed E-state index contributed by atoms with van der Waals surface area (Å²) in [6.45, 7) is 0. The highest BCUT2D eigenvalue weighted by atomic mass is 35.5. The van der Waals surface area contributed by atoms with E-state index in [1.54, 1.807) is 38.4 Å². The zero-order valence-corrected chi connectivity index (χ0v) is 15.4. The van der Waals surface area contributed by atoms with Crippen molar-refractivity contribution in [3.63, 3.8) is 0 Å². The van der Waals surface area contributed by atoms with Crippen LogP contribution in [-0.4, -0.2) is 33.3 Å². The minimum absolute atomic E-state index is 0.181. The monoisotopic (exact) mass is 386 g/mol. The molecule has 24 heavy (non-hydrogen) atoms. The van der Waals surface area contributed by atoms with Crippen molar-refractivity contribution in [3.8, 4) is 0 Å². The van der Waals surface area contributed by atoms with Crippen molar-refractivity contribution in [2.75, 3.05) is 18.8 Å². The summed E-state index contributed by atoms with van der Waals surface area (Å²) in [6.07, 6.45) is 0. The molecule has 0 aliphatic carbocycles. The first-order chi connectivity index (χ1) is 11.2. The molecule has 0 unspecified atom stereocenters. The van der Waals surface area contributed by atoms with E-state index in [-0.39, 0.29) is 16.7 Å². The quantitative estimate of drug-likeness (QED) is 0.852. The number of benzene rings is 2. The number of sulfonamides is 1. The molecule has 2 aromatic rings. The molecule has 1 amide bonds. The lowest BCUT2D eigenvalue weighted by Crippen LogP contribution is -2.22.